The number of fused-ring (bicyclic) bond motifs is 4. The average Bonchev–Trinajstić information content (AvgIpc) is 3.86. The summed E-state index contributed by atoms with van der Waals surface area (Å²) in [6.07, 6.45) is 1.81. The Hall–Kier alpha value is -5.71. The number of nitrogens with zero attached hydrogens (tertiary/aromatic N) is 2. The number of hydrogen-bond donors (Lipinski definition) is 0. The number of halogens is 1. The molecular formula is C39H35FN2O8. The van der Waals surface area contributed by atoms with Gasteiger partial charge in [0, 0.05) is 34.5 Å². The minimum absolute atomic E-state index is 0.0928. The summed E-state index contributed by atoms with van der Waals surface area (Å²) in [5, 5.41) is 0.925. The van der Waals surface area contributed by atoms with Gasteiger partial charge in [0.15, 0.2) is 23.0 Å². The molecule has 3 heterocycles. The minimum atomic E-state index is -0.568. The third kappa shape index (κ3) is 5.15. The van der Waals surface area contributed by atoms with E-state index >= 15 is 0 Å². The Morgan fingerprint density at radius 1 is 0.860 bits per heavy atom. The van der Waals surface area contributed by atoms with Crippen LogP contribution in [-0.2, 0) is 16.1 Å². The van der Waals surface area contributed by atoms with E-state index in [2.05, 4.69) is 0 Å². The van der Waals surface area contributed by atoms with E-state index in [-0.39, 0.29) is 31.1 Å². The van der Waals surface area contributed by atoms with Crippen molar-refractivity contribution in [2.24, 2.45) is 16.8 Å². The van der Waals surface area contributed by atoms with E-state index < -0.39 is 17.9 Å². The molecule has 50 heavy (non-hydrogen) atoms. The van der Waals surface area contributed by atoms with Gasteiger partial charge in [0.05, 0.1) is 59.2 Å². The standard InChI is InChI=1S/C39H35FN2O8/c1-44-25-9-10-30-22(12-25)11-24(42(30)18-21-7-5-6-8-29(21)40)17-41-37-27-16-32-31(49-20-50-32)15-26(27)35(36-28(37)19-48-39(36)43)23-13-33(45-2)38(47-4)34(14-23)46-3/h5-17,28,35-37H,18-20H2,1-4H3/t28-,35+,36-,37+/m0/s1. The molecule has 1 fully saturated rings. The Morgan fingerprint density at radius 2 is 1.60 bits per heavy atom. The lowest BCUT2D eigenvalue weighted by Gasteiger charge is -2.37. The monoisotopic (exact) mass is 678 g/mol. The van der Waals surface area contributed by atoms with Crippen LogP contribution < -0.4 is 28.4 Å². The maximum Gasteiger partial charge on any atom is 0.310 e. The van der Waals surface area contributed by atoms with Gasteiger partial charge in [-0.3, -0.25) is 9.79 Å². The predicted molar refractivity (Wildman–Crippen MR) is 183 cm³/mol. The van der Waals surface area contributed by atoms with Crippen molar-refractivity contribution in [2.45, 2.75) is 18.5 Å². The molecular weight excluding hydrogens is 643 g/mol. The number of rotatable bonds is 9. The van der Waals surface area contributed by atoms with Crippen LogP contribution >= 0.6 is 0 Å². The lowest BCUT2D eigenvalue weighted by atomic mass is 9.65. The number of ether oxygens (including phenoxy) is 7. The van der Waals surface area contributed by atoms with Crippen LogP contribution in [0.2, 0.25) is 0 Å². The summed E-state index contributed by atoms with van der Waals surface area (Å²) >= 11 is 0. The van der Waals surface area contributed by atoms with Crippen molar-refractivity contribution in [3.05, 3.63) is 107 Å². The van der Waals surface area contributed by atoms with Gasteiger partial charge in [-0.05, 0) is 71.3 Å². The normalized spacial score (nSPS) is 20.5. The van der Waals surface area contributed by atoms with Crippen LogP contribution in [0.5, 0.6) is 34.5 Å². The fourth-order valence-electron chi connectivity index (χ4n) is 7.64. The highest BCUT2D eigenvalue weighted by Gasteiger charge is 2.52. The van der Waals surface area contributed by atoms with Crippen LogP contribution in [0.25, 0.3) is 10.9 Å². The zero-order valence-electron chi connectivity index (χ0n) is 28.0. The molecule has 1 saturated heterocycles. The van der Waals surface area contributed by atoms with Crippen LogP contribution in [0.1, 0.15) is 39.9 Å². The van der Waals surface area contributed by atoms with Crippen molar-refractivity contribution >= 4 is 23.1 Å². The predicted octanol–water partition coefficient (Wildman–Crippen LogP) is 6.69. The molecule has 8 rings (SSSR count). The molecule has 5 aromatic rings. The molecule has 0 saturated carbocycles. The first kappa shape index (κ1) is 31.6. The zero-order valence-corrected chi connectivity index (χ0v) is 28.0. The topological polar surface area (TPSA) is 99.0 Å². The summed E-state index contributed by atoms with van der Waals surface area (Å²) in [6, 6.07) is 21.7. The number of methoxy groups -OCH3 is 4. The number of esters is 1. The van der Waals surface area contributed by atoms with Crippen molar-refractivity contribution in [3.8, 4) is 34.5 Å². The van der Waals surface area contributed by atoms with E-state index in [1.54, 1.807) is 40.6 Å². The van der Waals surface area contributed by atoms with Crippen molar-refractivity contribution < 1.29 is 42.3 Å². The molecule has 4 atom stereocenters. The van der Waals surface area contributed by atoms with E-state index in [0.29, 0.717) is 46.6 Å². The van der Waals surface area contributed by atoms with E-state index in [1.165, 1.54) is 6.07 Å². The number of hydrogen-bond acceptors (Lipinski definition) is 9. The number of aliphatic imine (C=N–C) groups is 1. The molecule has 11 heteroatoms. The summed E-state index contributed by atoms with van der Waals surface area (Å²) in [6.45, 7) is 0.575. The highest BCUT2D eigenvalue weighted by Crippen LogP contribution is 2.56. The maximum atomic E-state index is 14.9. The zero-order chi connectivity index (χ0) is 34.5. The van der Waals surface area contributed by atoms with Gasteiger partial charge in [-0.15, -0.1) is 0 Å². The van der Waals surface area contributed by atoms with Crippen LogP contribution in [0.3, 0.4) is 0 Å². The largest absolute Gasteiger partial charge is 0.497 e. The number of carbonyl (C=O) groups is 1. The number of benzene rings is 4. The maximum absolute atomic E-state index is 14.9. The first-order valence-electron chi connectivity index (χ1n) is 16.3. The van der Waals surface area contributed by atoms with Crippen molar-refractivity contribution in [3.63, 3.8) is 0 Å². The third-order valence-electron chi connectivity index (χ3n) is 9.99. The molecule has 0 spiro atoms. The Labute approximate surface area is 287 Å². The second-order valence-corrected chi connectivity index (χ2v) is 12.5. The molecule has 1 aliphatic carbocycles. The van der Waals surface area contributed by atoms with Gasteiger partial charge in [0.2, 0.25) is 12.5 Å². The molecule has 0 radical (unpaired) electrons. The molecule has 256 valence electrons. The second-order valence-electron chi connectivity index (χ2n) is 12.5. The molecule has 10 nitrogen and oxygen atoms in total. The van der Waals surface area contributed by atoms with Gasteiger partial charge in [-0.1, -0.05) is 18.2 Å². The fraction of sp³-hybridized carbons (Fsp3) is 0.282. The number of aromatic nitrogens is 1. The highest BCUT2D eigenvalue weighted by atomic mass is 19.1. The van der Waals surface area contributed by atoms with Crippen molar-refractivity contribution in [1.82, 2.24) is 4.57 Å². The summed E-state index contributed by atoms with van der Waals surface area (Å²) in [4.78, 5) is 18.9. The molecule has 0 bridgehead atoms. The Balaban J connectivity index is 1.28. The molecule has 4 aromatic carbocycles. The van der Waals surface area contributed by atoms with E-state index in [9.17, 15) is 9.18 Å². The van der Waals surface area contributed by atoms with Gasteiger partial charge in [0.1, 0.15) is 11.6 Å². The summed E-state index contributed by atoms with van der Waals surface area (Å²) in [5.74, 6) is 1.42. The molecule has 1 aromatic heterocycles. The van der Waals surface area contributed by atoms with Crippen LogP contribution in [0.15, 0.2) is 77.8 Å². The summed E-state index contributed by atoms with van der Waals surface area (Å²) in [7, 11) is 6.30. The van der Waals surface area contributed by atoms with Gasteiger partial charge < -0.3 is 37.7 Å². The van der Waals surface area contributed by atoms with E-state index in [1.807, 2.05) is 65.4 Å². The van der Waals surface area contributed by atoms with E-state index in [4.69, 9.17) is 38.2 Å². The van der Waals surface area contributed by atoms with Gasteiger partial charge in [-0.25, -0.2) is 4.39 Å². The number of carbonyl (C=O) groups excluding carboxylic acids is 1. The fourth-order valence-corrected chi connectivity index (χ4v) is 7.64. The smallest absolute Gasteiger partial charge is 0.310 e. The third-order valence-corrected chi connectivity index (χ3v) is 9.99. The first-order valence-corrected chi connectivity index (χ1v) is 16.3. The second kappa shape index (κ2) is 12.6. The molecule has 0 unspecified atom stereocenters. The van der Waals surface area contributed by atoms with Crippen LogP contribution in [0.4, 0.5) is 4.39 Å². The quantitative estimate of drug-likeness (QED) is 0.126. The Kier molecular flexibility index (Phi) is 7.97. The van der Waals surface area contributed by atoms with Crippen LogP contribution in [0, 0.1) is 17.7 Å². The Bertz CT molecular complexity index is 2130. The molecule has 3 aliphatic rings. The van der Waals surface area contributed by atoms with Crippen molar-refractivity contribution in [2.75, 3.05) is 41.8 Å². The lowest BCUT2D eigenvalue weighted by molar-refractivity contribution is -0.141. The number of cyclic esters (lactones) is 1. The highest BCUT2D eigenvalue weighted by molar-refractivity contribution is 5.92. The van der Waals surface area contributed by atoms with Crippen molar-refractivity contribution in [1.29, 1.82) is 0 Å². The molecule has 2 aliphatic heterocycles. The molecule has 0 N–H and O–H groups in total. The van der Waals surface area contributed by atoms with Gasteiger partial charge in [0.25, 0.3) is 0 Å². The summed E-state index contributed by atoms with van der Waals surface area (Å²) < 4.78 is 56.9. The average molecular weight is 679 g/mol. The molecule has 0 amide bonds. The summed E-state index contributed by atoms with van der Waals surface area (Å²) in [5.41, 5.74) is 4.78. The first-order chi connectivity index (χ1) is 24.4. The minimum Gasteiger partial charge on any atom is -0.497 e. The van der Waals surface area contributed by atoms with E-state index in [0.717, 1.165) is 33.3 Å². The SMILES string of the molecule is COc1ccc2c(c1)cc(C=N[C@@H]1c3cc4c(cc3[C@@H](c3cc(OC)c(OC)c(OC)c3)[C@H]3C(=O)OC[C@@H]31)OCO4)n2Cc1ccccc1F. The van der Waals surface area contributed by atoms with Gasteiger partial charge in [-0.2, -0.15) is 0 Å². The lowest BCUT2D eigenvalue weighted by Crippen LogP contribution is -2.34. The Morgan fingerprint density at radius 3 is 2.30 bits per heavy atom. The van der Waals surface area contributed by atoms with Crippen LogP contribution in [-0.4, -0.2) is 58.6 Å². The van der Waals surface area contributed by atoms with Gasteiger partial charge >= 0.3 is 5.97 Å².